The number of imidazole rings is 1. The van der Waals surface area contributed by atoms with Crippen LogP contribution in [0, 0.1) is 0 Å². The molecule has 0 aliphatic carbocycles. The van der Waals surface area contributed by atoms with Crippen molar-refractivity contribution in [3.05, 3.63) is 71.8 Å². The van der Waals surface area contributed by atoms with Crippen LogP contribution in [0.4, 0.5) is 11.4 Å². The summed E-state index contributed by atoms with van der Waals surface area (Å²) in [5.41, 5.74) is 6.35. The van der Waals surface area contributed by atoms with Crippen molar-refractivity contribution >= 4 is 28.3 Å². The molecular formula is C24H22N4O2. The molecule has 6 heteroatoms. The summed E-state index contributed by atoms with van der Waals surface area (Å²) in [6.45, 7) is 0.736. The number of aromatic nitrogens is 2. The molecule has 0 saturated carbocycles. The number of hydrogen-bond donors (Lipinski definition) is 2. The molecule has 4 aromatic rings. The normalized spacial score (nSPS) is 12.5. The zero-order valence-corrected chi connectivity index (χ0v) is 16.9. The second-order valence-corrected chi connectivity index (χ2v) is 7.63. The van der Waals surface area contributed by atoms with Crippen LogP contribution in [0.3, 0.4) is 0 Å². The van der Waals surface area contributed by atoms with Gasteiger partial charge >= 0.3 is 0 Å². The average Bonchev–Trinajstić information content (AvgIpc) is 3.39. The molecule has 2 N–H and O–H groups in total. The molecule has 150 valence electrons. The van der Waals surface area contributed by atoms with E-state index in [2.05, 4.69) is 16.4 Å². The number of amides is 1. The largest absolute Gasteiger partial charge is 0.493 e. The summed E-state index contributed by atoms with van der Waals surface area (Å²) in [6, 6.07) is 19.4. The molecule has 0 spiro atoms. The number of aromatic amines is 1. The molecule has 2 heterocycles. The lowest BCUT2D eigenvalue weighted by molar-refractivity contribution is 0.102. The molecule has 0 bridgehead atoms. The van der Waals surface area contributed by atoms with E-state index in [0.29, 0.717) is 11.3 Å². The van der Waals surface area contributed by atoms with Crippen LogP contribution in [0.1, 0.15) is 15.9 Å². The molecule has 0 fully saturated rings. The number of hydrogen-bond acceptors (Lipinski definition) is 4. The van der Waals surface area contributed by atoms with Crippen molar-refractivity contribution in [1.82, 2.24) is 9.97 Å². The van der Waals surface area contributed by atoms with Gasteiger partial charge in [0.15, 0.2) is 0 Å². The summed E-state index contributed by atoms with van der Waals surface area (Å²) in [4.78, 5) is 22.7. The minimum absolute atomic E-state index is 0.144. The molecule has 1 amide bonds. The third kappa shape index (κ3) is 3.37. The minimum Gasteiger partial charge on any atom is -0.493 e. The zero-order chi connectivity index (χ0) is 20.7. The first-order chi connectivity index (χ1) is 14.6. The smallest absolute Gasteiger partial charge is 0.255 e. The Balaban J connectivity index is 1.38. The fraction of sp³-hybridized carbons (Fsp3) is 0.167. The number of carbonyl (C=O) groups excluding carboxylic acids is 1. The van der Waals surface area contributed by atoms with E-state index in [9.17, 15) is 4.79 Å². The van der Waals surface area contributed by atoms with Gasteiger partial charge in [0.05, 0.1) is 17.6 Å². The Morgan fingerprint density at radius 1 is 1.07 bits per heavy atom. The molecule has 30 heavy (non-hydrogen) atoms. The first-order valence-corrected chi connectivity index (χ1v) is 9.91. The predicted octanol–water partition coefficient (Wildman–Crippen LogP) is 4.48. The van der Waals surface area contributed by atoms with Crippen LogP contribution in [0.15, 0.2) is 60.7 Å². The summed E-state index contributed by atoms with van der Waals surface area (Å²) in [7, 11) is 3.94. The number of anilines is 2. The second kappa shape index (κ2) is 7.22. The maximum Gasteiger partial charge on any atom is 0.255 e. The van der Waals surface area contributed by atoms with E-state index < -0.39 is 0 Å². The molecule has 6 nitrogen and oxygen atoms in total. The van der Waals surface area contributed by atoms with Gasteiger partial charge in [0.2, 0.25) is 0 Å². The lowest BCUT2D eigenvalue weighted by Crippen LogP contribution is -2.13. The molecule has 1 aromatic heterocycles. The van der Waals surface area contributed by atoms with Crippen molar-refractivity contribution in [2.24, 2.45) is 0 Å². The van der Waals surface area contributed by atoms with Crippen molar-refractivity contribution in [3.8, 4) is 17.1 Å². The highest BCUT2D eigenvalue weighted by Crippen LogP contribution is 2.30. The fourth-order valence-corrected chi connectivity index (χ4v) is 3.67. The monoisotopic (exact) mass is 398 g/mol. The Hall–Kier alpha value is -3.80. The molecule has 0 atom stereocenters. The van der Waals surface area contributed by atoms with Gasteiger partial charge in [-0.05, 0) is 66.2 Å². The number of rotatable bonds is 4. The van der Waals surface area contributed by atoms with Crippen molar-refractivity contribution < 1.29 is 9.53 Å². The van der Waals surface area contributed by atoms with Crippen LogP contribution < -0.4 is 15.0 Å². The molecule has 3 aromatic carbocycles. The Morgan fingerprint density at radius 3 is 2.70 bits per heavy atom. The Kier molecular flexibility index (Phi) is 4.39. The van der Waals surface area contributed by atoms with Crippen LogP contribution in [-0.2, 0) is 6.42 Å². The Labute approximate surface area is 174 Å². The maximum absolute atomic E-state index is 12.6. The first kappa shape index (κ1) is 18.2. The fourth-order valence-electron chi connectivity index (χ4n) is 3.67. The molecule has 1 aliphatic heterocycles. The number of fused-ring (bicyclic) bond motifs is 2. The van der Waals surface area contributed by atoms with E-state index >= 15 is 0 Å². The van der Waals surface area contributed by atoms with Crippen LogP contribution >= 0.6 is 0 Å². The van der Waals surface area contributed by atoms with Gasteiger partial charge in [-0.25, -0.2) is 4.98 Å². The van der Waals surface area contributed by atoms with Gasteiger partial charge in [-0.15, -0.1) is 0 Å². The van der Waals surface area contributed by atoms with Crippen molar-refractivity contribution in [2.45, 2.75) is 6.42 Å². The van der Waals surface area contributed by atoms with E-state index in [-0.39, 0.29) is 5.91 Å². The third-order valence-corrected chi connectivity index (χ3v) is 5.35. The number of carbonyl (C=O) groups is 1. The summed E-state index contributed by atoms with van der Waals surface area (Å²) in [5, 5.41) is 2.96. The van der Waals surface area contributed by atoms with Crippen molar-refractivity contribution in [3.63, 3.8) is 0 Å². The molecular weight excluding hydrogens is 376 g/mol. The SMILES string of the molecule is CN(C)c1ccc(C(=O)Nc2ccc3[nH]c(-c4ccc5c(c4)CCO5)nc3c2)cc1. The van der Waals surface area contributed by atoms with Crippen LogP contribution in [0.25, 0.3) is 22.4 Å². The molecule has 0 radical (unpaired) electrons. The van der Waals surface area contributed by atoms with E-state index in [1.165, 1.54) is 5.56 Å². The summed E-state index contributed by atoms with van der Waals surface area (Å²) in [6.07, 6.45) is 0.926. The number of benzene rings is 3. The summed E-state index contributed by atoms with van der Waals surface area (Å²) >= 11 is 0. The van der Waals surface area contributed by atoms with E-state index in [1.807, 2.05) is 73.6 Å². The van der Waals surface area contributed by atoms with Gasteiger partial charge in [0.25, 0.3) is 5.91 Å². The highest BCUT2D eigenvalue weighted by Gasteiger charge is 2.15. The minimum atomic E-state index is -0.144. The van der Waals surface area contributed by atoms with Gasteiger partial charge < -0.3 is 19.9 Å². The molecule has 1 aliphatic rings. The number of ether oxygens (including phenoxy) is 1. The lowest BCUT2D eigenvalue weighted by Gasteiger charge is -2.12. The molecule has 0 saturated heterocycles. The van der Waals surface area contributed by atoms with Gasteiger partial charge in [0, 0.05) is 43.0 Å². The maximum atomic E-state index is 12.6. The van der Waals surface area contributed by atoms with Crippen molar-refractivity contribution in [2.75, 3.05) is 30.9 Å². The number of H-pyrrole nitrogens is 1. The van der Waals surface area contributed by atoms with Crippen LogP contribution in [0.5, 0.6) is 5.75 Å². The third-order valence-electron chi connectivity index (χ3n) is 5.35. The Bertz CT molecular complexity index is 1240. The summed E-state index contributed by atoms with van der Waals surface area (Å²) in [5.74, 6) is 1.62. The lowest BCUT2D eigenvalue weighted by atomic mass is 10.1. The van der Waals surface area contributed by atoms with Gasteiger partial charge in [-0.3, -0.25) is 4.79 Å². The van der Waals surface area contributed by atoms with Crippen LogP contribution in [0.2, 0.25) is 0 Å². The first-order valence-electron chi connectivity index (χ1n) is 9.91. The van der Waals surface area contributed by atoms with Gasteiger partial charge in [-0.2, -0.15) is 0 Å². The van der Waals surface area contributed by atoms with E-state index in [0.717, 1.165) is 46.9 Å². The topological polar surface area (TPSA) is 70.2 Å². The Morgan fingerprint density at radius 2 is 1.90 bits per heavy atom. The molecule has 5 rings (SSSR count). The number of nitrogens with one attached hydrogen (secondary N) is 2. The number of nitrogens with zero attached hydrogens (tertiary/aromatic N) is 2. The van der Waals surface area contributed by atoms with Gasteiger partial charge in [-0.1, -0.05) is 0 Å². The average molecular weight is 398 g/mol. The van der Waals surface area contributed by atoms with E-state index in [1.54, 1.807) is 0 Å². The van der Waals surface area contributed by atoms with E-state index in [4.69, 9.17) is 9.72 Å². The highest BCUT2D eigenvalue weighted by atomic mass is 16.5. The van der Waals surface area contributed by atoms with Crippen molar-refractivity contribution in [1.29, 1.82) is 0 Å². The standard InChI is InChI=1S/C24H22N4O2/c1-28(2)19-7-3-15(4-8-19)24(29)25-18-6-9-20-21(14-18)27-23(26-20)17-5-10-22-16(13-17)11-12-30-22/h3-10,13-14H,11-12H2,1-2H3,(H,25,29)(H,26,27). The zero-order valence-electron chi connectivity index (χ0n) is 16.9. The molecule has 0 unspecified atom stereocenters. The van der Waals surface area contributed by atoms with Gasteiger partial charge in [0.1, 0.15) is 11.6 Å². The second-order valence-electron chi connectivity index (χ2n) is 7.63. The predicted molar refractivity (Wildman–Crippen MR) is 119 cm³/mol. The highest BCUT2D eigenvalue weighted by molar-refractivity contribution is 6.05. The van der Waals surface area contributed by atoms with Crippen LogP contribution in [-0.4, -0.2) is 36.6 Å². The summed E-state index contributed by atoms with van der Waals surface area (Å²) < 4.78 is 5.58. The quantitative estimate of drug-likeness (QED) is 0.532.